The van der Waals surface area contributed by atoms with Crippen LogP contribution in [0.1, 0.15) is 67.5 Å². The summed E-state index contributed by atoms with van der Waals surface area (Å²) in [7, 11) is 1.85. The second-order valence-corrected chi connectivity index (χ2v) is 11.7. The summed E-state index contributed by atoms with van der Waals surface area (Å²) in [4.78, 5) is 36.0. The standard InChI is InChI=1S/C26H31N3O2S2/c1-17(24(30)28(2)16-18-10-4-3-5-11-18)32-26-27-23-22(20-14-8-9-15-21(20)33-23)25(31)29(26)19-12-6-7-13-19/h3-5,10-11,17,19H,6-9,12-16H2,1-2H3/t17-/m0/s1. The molecule has 2 heterocycles. The topological polar surface area (TPSA) is 55.2 Å². The summed E-state index contributed by atoms with van der Waals surface area (Å²) in [6.07, 6.45) is 8.72. The minimum Gasteiger partial charge on any atom is -0.340 e. The van der Waals surface area contributed by atoms with Crippen LogP contribution in [0.3, 0.4) is 0 Å². The van der Waals surface area contributed by atoms with E-state index in [0.717, 1.165) is 60.7 Å². The second kappa shape index (κ2) is 9.63. The van der Waals surface area contributed by atoms with E-state index >= 15 is 0 Å². The van der Waals surface area contributed by atoms with Crippen LogP contribution in [0.15, 0.2) is 40.3 Å². The predicted octanol–water partition coefficient (Wildman–Crippen LogP) is 5.59. The van der Waals surface area contributed by atoms with Crippen molar-refractivity contribution in [3.05, 3.63) is 56.7 Å². The van der Waals surface area contributed by atoms with Crippen LogP contribution in [-0.4, -0.2) is 32.7 Å². The summed E-state index contributed by atoms with van der Waals surface area (Å²) in [6.45, 7) is 2.51. The molecule has 174 valence electrons. The molecule has 0 N–H and O–H groups in total. The number of hydrogen-bond acceptors (Lipinski definition) is 5. The number of hydrogen-bond donors (Lipinski definition) is 0. The minimum atomic E-state index is -0.315. The highest BCUT2D eigenvalue weighted by atomic mass is 32.2. The lowest BCUT2D eigenvalue weighted by Crippen LogP contribution is -2.34. The molecule has 2 aliphatic carbocycles. The monoisotopic (exact) mass is 481 g/mol. The number of aromatic nitrogens is 2. The van der Waals surface area contributed by atoms with E-state index in [1.807, 2.05) is 48.9 Å². The molecule has 0 unspecified atom stereocenters. The molecular formula is C26H31N3O2S2. The Morgan fingerprint density at radius 3 is 2.67 bits per heavy atom. The van der Waals surface area contributed by atoms with Crippen LogP contribution >= 0.6 is 23.1 Å². The smallest absolute Gasteiger partial charge is 0.263 e. The van der Waals surface area contributed by atoms with Crippen LogP contribution < -0.4 is 5.56 Å². The van der Waals surface area contributed by atoms with Crippen LogP contribution in [0.4, 0.5) is 0 Å². The SMILES string of the molecule is C[C@H](Sc1nc2sc3c(c2c(=O)n1C1CCCC1)CCCC3)C(=O)N(C)Cc1ccccc1. The Kier molecular flexibility index (Phi) is 6.61. The van der Waals surface area contributed by atoms with Gasteiger partial charge in [0.05, 0.1) is 10.6 Å². The van der Waals surface area contributed by atoms with E-state index in [1.54, 1.807) is 16.2 Å². The largest absolute Gasteiger partial charge is 0.340 e. The van der Waals surface area contributed by atoms with Crippen LogP contribution in [0, 0.1) is 0 Å². The third kappa shape index (κ3) is 4.50. The minimum absolute atomic E-state index is 0.0571. The molecule has 2 aliphatic rings. The first-order valence-corrected chi connectivity index (χ1v) is 13.7. The van der Waals surface area contributed by atoms with Gasteiger partial charge in [-0.3, -0.25) is 14.2 Å². The average molecular weight is 482 g/mol. The van der Waals surface area contributed by atoms with E-state index in [0.29, 0.717) is 11.7 Å². The average Bonchev–Trinajstić information content (AvgIpc) is 3.47. The zero-order valence-electron chi connectivity index (χ0n) is 19.4. The maximum atomic E-state index is 13.8. The lowest BCUT2D eigenvalue weighted by Gasteiger charge is -2.23. The lowest BCUT2D eigenvalue weighted by molar-refractivity contribution is -0.129. The number of carbonyl (C=O) groups is 1. The highest BCUT2D eigenvalue weighted by Crippen LogP contribution is 2.38. The van der Waals surface area contributed by atoms with Crippen LogP contribution in [-0.2, 0) is 24.2 Å². The summed E-state index contributed by atoms with van der Waals surface area (Å²) in [5.41, 5.74) is 2.47. The first-order valence-electron chi connectivity index (χ1n) is 12.0. The molecule has 7 heteroatoms. The van der Waals surface area contributed by atoms with Crippen molar-refractivity contribution in [1.29, 1.82) is 0 Å². The first kappa shape index (κ1) is 22.7. The summed E-state index contributed by atoms with van der Waals surface area (Å²) in [6, 6.07) is 10.2. The van der Waals surface area contributed by atoms with Gasteiger partial charge in [-0.15, -0.1) is 11.3 Å². The molecule has 1 aromatic carbocycles. The van der Waals surface area contributed by atoms with Crippen molar-refractivity contribution in [3.8, 4) is 0 Å². The second-order valence-electron chi connectivity index (χ2n) is 9.34. The van der Waals surface area contributed by atoms with Gasteiger partial charge in [0, 0.05) is 24.5 Å². The third-order valence-corrected chi connectivity index (χ3v) is 9.19. The summed E-state index contributed by atoms with van der Waals surface area (Å²) in [5.74, 6) is 0.0571. The Bertz CT molecular complexity index is 1210. The zero-order valence-corrected chi connectivity index (χ0v) is 21.0. The van der Waals surface area contributed by atoms with Gasteiger partial charge >= 0.3 is 0 Å². The fourth-order valence-corrected chi connectivity index (χ4v) is 7.62. The van der Waals surface area contributed by atoms with Crippen LogP contribution in [0.25, 0.3) is 10.2 Å². The van der Waals surface area contributed by atoms with Crippen molar-refractivity contribution in [2.75, 3.05) is 7.05 Å². The summed E-state index contributed by atoms with van der Waals surface area (Å²) >= 11 is 3.14. The number of amides is 1. The Labute approximate surface area is 203 Å². The highest BCUT2D eigenvalue weighted by molar-refractivity contribution is 8.00. The van der Waals surface area contributed by atoms with Gasteiger partial charge in [-0.1, -0.05) is 54.9 Å². The number of aryl methyl sites for hydroxylation is 2. The molecule has 0 radical (unpaired) electrons. The van der Waals surface area contributed by atoms with Gasteiger partial charge in [0.2, 0.25) is 5.91 Å². The highest BCUT2D eigenvalue weighted by Gasteiger charge is 2.29. The van der Waals surface area contributed by atoms with Crippen molar-refractivity contribution in [1.82, 2.24) is 14.5 Å². The zero-order chi connectivity index (χ0) is 22.9. The van der Waals surface area contributed by atoms with E-state index in [-0.39, 0.29) is 22.8 Å². The van der Waals surface area contributed by atoms with E-state index in [4.69, 9.17) is 4.98 Å². The number of thiophene rings is 1. The molecule has 1 atom stereocenters. The van der Waals surface area contributed by atoms with Gasteiger partial charge in [-0.2, -0.15) is 0 Å². The molecule has 1 saturated carbocycles. The molecule has 2 aromatic heterocycles. The summed E-state index contributed by atoms with van der Waals surface area (Å²) < 4.78 is 1.95. The molecule has 5 nitrogen and oxygen atoms in total. The van der Waals surface area contributed by atoms with Crippen molar-refractivity contribution < 1.29 is 4.79 Å². The van der Waals surface area contributed by atoms with Gasteiger partial charge < -0.3 is 4.90 Å². The van der Waals surface area contributed by atoms with E-state index in [2.05, 4.69) is 0 Å². The van der Waals surface area contributed by atoms with E-state index < -0.39 is 0 Å². The molecule has 0 saturated heterocycles. The van der Waals surface area contributed by atoms with Gasteiger partial charge in [0.25, 0.3) is 5.56 Å². The fourth-order valence-electron chi connectivity index (χ4n) is 5.22. The van der Waals surface area contributed by atoms with Crippen molar-refractivity contribution in [2.24, 2.45) is 0 Å². The number of rotatable bonds is 6. The van der Waals surface area contributed by atoms with Gasteiger partial charge in [0.1, 0.15) is 4.83 Å². The number of nitrogens with zero attached hydrogens (tertiary/aromatic N) is 3. The third-order valence-electron chi connectivity index (χ3n) is 6.95. The number of benzene rings is 1. The molecule has 5 rings (SSSR count). The molecule has 0 bridgehead atoms. The van der Waals surface area contributed by atoms with Gasteiger partial charge in [0.15, 0.2) is 5.16 Å². The van der Waals surface area contributed by atoms with Crippen molar-refractivity contribution >= 4 is 39.2 Å². The molecule has 1 amide bonds. The maximum absolute atomic E-state index is 13.8. The predicted molar refractivity (Wildman–Crippen MR) is 136 cm³/mol. The van der Waals surface area contributed by atoms with Gasteiger partial charge in [-0.05, 0) is 56.6 Å². The first-order chi connectivity index (χ1) is 16.0. The van der Waals surface area contributed by atoms with Crippen LogP contribution in [0.5, 0.6) is 0 Å². The molecular weight excluding hydrogens is 450 g/mol. The lowest BCUT2D eigenvalue weighted by atomic mass is 9.97. The molecule has 0 aliphatic heterocycles. The molecule has 33 heavy (non-hydrogen) atoms. The number of fused-ring (bicyclic) bond motifs is 3. The molecule has 3 aromatic rings. The van der Waals surface area contributed by atoms with Crippen molar-refractivity contribution in [3.63, 3.8) is 0 Å². The summed E-state index contributed by atoms with van der Waals surface area (Å²) in [5, 5.41) is 1.25. The fraction of sp³-hybridized carbons (Fsp3) is 0.500. The Morgan fingerprint density at radius 2 is 1.91 bits per heavy atom. The van der Waals surface area contributed by atoms with Crippen molar-refractivity contribution in [2.45, 2.75) is 81.3 Å². The van der Waals surface area contributed by atoms with E-state index in [9.17, 15) is 9.59 Å². The Balaban J connectivity index is 1.47. The molecule has 0 spiro atoms. The normalized spacial score (nSPS) is 17.3. The Morgan fingerprint density at radius 1 is 1.18 bits per heavy atom. The number of thioether (sulfide) groups is 1. The van der Waals surface area contributed by atoms with Gasteiger partial charge in [-0.25, -0.2) is 4.98 Å². The quantitative estimate of drug-likeness (QED) is 0.340. The molecule has 1 fully saturated rings. The Hall–Kier alpha value is -2.12. The number of carbonyl (C=O) groups excluding carboxylic acids is 1. The van der Waals surface area contributed by atoms with Crippen LogP contribution in [0.2, 0.25) is 0 Å². The maximum Gasteiger partial charge on any atom is 0.263 e. The van der Waals surface area contributed by atoms with E-state index in [1.165, 1.54) is 28.6 Å².